The molecule has 3 aromatic rings. The van der Waals surface area contributed by atoms with Crippen molar-refractivity contribution in [3.8, 4) is 0 Å². The van der Waals surface area contributed by atoms with Crippen molar-refractivity contribution in [1.29, 1.82) is 0 Å². The van der Waals surface area contributed by atoms with Crippen LogP contribution in [0.2, 0.25) is 0 Å². The quantitative estimate of drug-likeness (QED) is 0.427. The van der Waals surface area contributed by atoms with E-state index in [4.69, 9.17) is 11.5 Å². The molecule has 0 aliphatic heterocycles. The first kappa shape index (κ1) is 21.1. The van der Waals surface area contributed by atoms with E-state index in [2.05, 4.69) is 0 Å². The fourth-order valence-corrected chi connectivity index (χ4v) is 3.46. The first-order chi connectivity index (χ1) is 14.3. The maximum Gasteiger partial charge on any atom is 0.163 e. The van der Waals surface area contributed by atoms with Gasteiger partial charge in [-0.3, -0.25) is 9.59 Å². The van der Waals surface area contributed by atoms with E-state index in [-0.39, 0.29) is 30.3 Å². The number of rotatable bonds is 8. The van der Waals surface area contributed by atoms with E-state index in [1.807, 2.05) is 43.3 Å². The maximum atomic E-state index is 12.9. The van der Waals surface area contributed by atoms with E-state index in [0.29, 0.717) is 22.5 Å². The maximum absolute atomic E-state index is 12.9. The summed E-state index contributed by atoms with van der Waals surface area (Å²) in [5.41, 5.74) is 15.9. The Morgan fingerprint density at radius 1 is 0.767 bits per heavy atom. The van der Waals surface area contributed by atoms with Crippen LogP contribution in [0.1, 0.15) is 45.0 Å². The molecule has 0 saturated carbocycles. The van der Waals surface area contributed by atoms with Gasteiger partial charge in [-0.15, -0.1) is 0 Å². The van der Waals surface area contributed by atoms with Crippen LogP contribution in [0.4, 0.5) is 17.1 Å². The standard InChI is InChI=1S/C25H27N3O2/c1-28(2)23-11-9-17(10-12-23)20(15-24(29)18-5-3-7-21(26)13-18)16-25(30)19-6-4-8-22(27)14-19/h3-14,20H,15-16,26-27H2,1-2H3. The monoisotopic (exact) mass is 401 g/mol. The number of ketones is 2. The number of Topliss-reactive ketones (excluding diaryl/α,β-unsaturated/α-hetero) is 2. The van der Waals surface area contributed by atoms with Crippen molar-refractivity contribution in [2.45, 2.75) is 18.8 Å². The molecule has 0 bridgehead atoms. The molecule has 5 nitrogen and oxygen atoms in total. The Bertz CT molecular complexity index is 983. The lowest BCUT2D eigenvalue weighted by atomic mass is 9.86. The van der Waals surface area contributed by atoms with Crippen molar-refractivity contribution in [3.05, 3.63) is 89.5 Å². The van der Waals surface area contributed by atoms with Crippen LogP contribution in [0.15, 0.2) is 72.8 Å². The molecule has 0 amide bonds. The van der Waals surface area contributed by atoms with Crippen molar-refractivity contribution < 1.29 is 9.59 Å². The number of nitrogens with zero attached hydrogens (tertiary/aromatic N) is 1. The normalized spacial score (nSPS) is 10.8. The number of hydrogen-bond acceptors (Lipinski definition) is 5. The van der Waals surface area contributed by atoms with Gasteiger partial charge in [0, 0.05) is 55.1 Å². The summed E-state index contributed by atoms with van der Waals surface area (Å²) in [6.45, 7) is 0. The lowest BCUT2D eigenvalue weighted by Gasteiger charge is -2.19. The minimum absolute atomic E-state index is 0.0376. The number of nitrogens with two attached hydrogens (primary N) is 2. The molecular weight excluding hydrogens is 374 g/mol. The second-order valence-electron chi connectivity index (χ2n) is 7.69. The third-order valence-electron chi connectivity index (χ3n) is 5.16. The summed E-state index contributed by atoms with van der Waals surface area (Å²) < 4.78 is 0. The minimum atomic E-state index is -0.246. The van der Waals surface area contributed by atoms with Crippen molar-refractivity contribution in [3.63, 3.8) is 0 Å². The molecule has 0 aliphatic carbocycles. The number of carbonyl (C=O) groups excluding carboxylic acids is 2. The van der Waals surface area contributed by atoms with Crippen molar-refractivity contribution in [2.24, 2.45) is 0 Å². The summed E-state index contributed by atoms with van der Waals surface area (Å²) in [7, 11) is 3.94. The Labute approximate surface area is 177 Å². The van der Waals surface area contributed by atoms with Crippen LogP contribution in [-0.2, 0) is 0 Å². The van der Waals surface area contributed by atoms with Crippen LogP contribution in [0.3, 0.4) is 0 Å². The zero-order valence-electron chi connectivity index (χ0n) is 17.3. The van der Waals surface area contributed by atoms with Crippen LogP contribution in [0.25, 0.3) is 0 Å². The van der Waals surface area contributed by atoms with Crippen molar-refractivity contribution >= 4 is 28.6 Å². The summed E-state index contributed by atoms with van der Waals surface area (Å²) >= 11 is 0. The molecule has 5 heteroatoms. The predicted molar refractivity (Wildman–Crippen MR) is 123 cm³/mol. The van der Waals surface area contributed by atoms with E-state index in [1.54, 1.807) is 48.5 Å². The number of hydrogen-bond donors (Lipinski definition) is 2. The summed E-state index contributed by atoms with van der Waals surface area (Å²) in [4.78, 5) is 27.9. The topological polar surface area (TPSA) is 89.4 Å². The molecule has 0 atom stereocenters. The van der Waals surface area contributed by atoms with Crippen LogP contribution < -0.4 is 16.4 Å². The Hall–Kier alpha value is -3.60. The van der Waals surface area contributed by atoms with Crippen LogP contribution in [-0.4, -0.2) is 25.7 Å². The van der Waals surface area contributed by atoms with E-state index in [1.165, 1.54) is 0 Å². The predicted octanol–water partition coefficient (Wildman–Crippen LogP) is 4.55. The second kappa shape index (κ2) is 9.27. The fraction of sp³-hybridized carbons (Fsp3) is 0.200. The molecule has 0 saturated heterocycles. The summed E-state index contributed by atoms with van der Waals surface area (Å²) in [5.74, 6) is -0.321. The molecule has 3 rings (SSSR count). The zero-order chi connectivity index (χ0) is 21.7. The molecule has 0 unspecified atom stereocenters. The molecule has 30 heavy (non-hydrogen) atoms. The molecule has 0 radical (unpaired) electrons. The van der Waals surface area contributed by atoms with Gasteiger partial charge in [-0.1, -0.05) is 36.4 Å². The lowest BCUT2D eigenvalue weighted by molar-refractivity contribution is 0.0944. The molecule has 0 aliphatic rings. The Kier molecular flexibility index (Phi) is 6.52. The van der Waals surface area contributed by atoms with Gasteiger partial charge in [0.05, 0.1) is 0 Å². The van der Waals surface area contributed by atoms with Gasteiger partial charge in [0.2, 0.25) is 0 Å². The largest absolute Gasteiger partial charge is 0.399 e. The van der Waals surface area contributed by atoms with Gasteiger partial charge in [-0.2, -0.15) is 0 Å². The van der Waals surface area contributed by atoms with Gasteiger partial charge < -0.3 is 16.4 Å². The SMILES string of the molecule is CN(C)c1ccc(C(CC(=O)c2cccc(N)c2)CC(=O)c2cccc(N)c2)cc1. The van der Waals surface area contributed by atoms with Crippen molar-refractivity contribution in [2.75, 3.05) is 30.5 Å². The summed E-state index contributed by atoms with van der Waals surface area (Å²) in [5, 5.41) is 0. The zero-order valence-corrected chi connectivity index (χ0v) is 17.3. The highest BCUT2D eigenvalue weighted by Crippen LogP contribution is 2.29. The third kappa shape index (κ3) is 5.26. The smallest absolute Gasteiger partial charge is 0.163 e. The average Bonchev–Trinajstić information content (AvgIpc) is 2.73. The van der Waals surface area contributed by atoms with Gasteiger partial charge in [0.25, 0.3) is 0 Å². The van der Waals surface area contributed by atoms with E-state index >= 15 is 0 Å². The number of anilines is 3. The number of nitrogen functional groups attached to an aromatic ring is 2. The molecular formula is C25H27N3O2. The van der Waals surface area contributed by atoms with Crippen LogP contribution in [0, 0.1) is 0 Å². The average molecular weight is 402 g/mol. The van der Waals surface area contributed by atoms with Gasteiger partial charge in [-0.25, -0.2) is 0 Å². The molecule has 3 aromatic carbocycles. The van der Waals surface area contributed by atoms with Crippen LogP contribution in [0.5, 0.6) is 0 Å². The molecule has 0 spiro atoms. The van der Waals surface area contributed by atoms with Crippen molar-refractivity contribution in [1.82, 2.24) is 0 Å². The Morgan fingerprint density at radius 3 is 1.63 bits per heavy atom. The fourth-order valence-electron chi connectivity index (χ4n) is 3.46. The van der Waals surface area contributed by atoms with Crippen LogP contribution >= 0.6 is 0 Å². The highest BCUT2D eigenvalue weighted by molar-refractivity contribution is 6.00. The highest BCUT2D eigenvalue weighted by Gasteiger charge is 2.22. The van der Waals surface area contributed by atoms with Gasteiger partial charge >= 0.3 is 0 Å². The van der Waals surface area contributed by atoms with E-state index < -0.39 is 0 Å². The molecule has 0 heterocycles. The third-order valence-corrected chi connectivity index (χ3v) is 5.16. The van der Waals surface area contributed by atoms with E-state index in [0.717, 1.165) is 11.3 Å². The Morgan fingerprint density at radius 2 is 1.23 bits per heavy atom. The van der Waals surface area contributed by atoms with Gasteiger partial charge in [-0.05, 0) is 47.9 Å². The van der Waals surface area contributed by atoms with E-state index in [9.17, 15) is 9.59 Å². The first-order valence-electron chi connectivity index (χ1n) is 9.88. The molecule has 0 aromatic heterocycles. The second-order valence-corrected chi connectivity index (χ2v) is 7.69. The Balaban J connectivity index is 1.87. The summed E-state index contributed by atoms with van der Waals surface area (Å²) in [6.07, 6.45) is 0.442. The molecule has 154 valence electrons. The lowest BCUT2D eigenvalue weighted by Crippen LogP contribution is -2.14. The molecule has 4 N–H and O–H groups in total. The summed E-state index contributed by atoms with van der Waals surface area (Å²) in [6, 6.07) is 21.9. The number of benzene rings is 3. The first-order valence-corrected chi connectivity index (χ1v) is 9.88. The highest BCUT2D eigenvalue weighted by atomic mass is 16.1. The van der Waals surface area contributed by atoms with Gasteiger partial charge in [0.1, 0.15) is 0 Å². The molecule has 0 fully saturated rings. The minimum Gasteiger partial charge on any atom is -0.399 e. The number of carbonyl (C=O) groups is 2. The van der Waals surface area contributed by atoms with Gasteiger partial charge in [0.15, 0.2) is 11.6 Å².